The van der Waals surface area contributed by atoms with Gasteiger partial charge in [0.15, 0.2) is 12.4 Å². The molecule has 1 saturated heterocycles. The van der Waals surface area contributed by atoms with Gasteiger partial charge in [0.05, 0.1) is 0 Å². The molecule has 0 radical (unpaired) electrons. The zero-order valence-electron chi connectivity index (χ0n) is 19.7. The Kier molecular flexibility index (Phi) is 7.18. The minimum absolute atomic E-state index is 0.105. The van der Waals surface area contributed by atoms with Gasteiger partial charge in [0.2, 0.25) is 0 Å². The lowest BCUT2D eigenvalue weighted by molar-refractivity contribution is -0.248. The molecule has 1 fully saturated rings. The van der Waals surface area contributed by atoms with Gasteiger partial charge in [-0.1, -0.05) is 36.4 Å². The lowest BCUT2D eigenvalue weighted by atomic mass is 9.96. The van der Waals surface area contributed by atoms with Gasteiger partial charge in [-0.15, -0.1) is 0 Å². The largest absolute Gasteiger partial charge is 0.491 e. The fourth-order valence-corrected chi connectivity index (χ4v) is 4.24. The molecule has 0 saturated carbocycles. The van der Waals surface area contributed by atoms with Crippen molar-refractivity contribution in [2.45, 2.75) is 30.6 Å². The SMILES string of the molecule is CO[C@H]1OC(COc2ccccc2)[C@@H](O)C(Oc2ccccc2)C1Nc1ccc2ccc(=O)oc2c1. The number of anilines is 1. The molecule has 2 heterocycles. The zero-order chi connectivity index (χ0) is 24.9. The van der Waals surface area contributed by atoms with E-state index in [-0.39, 0.29) is 6.61 Å². The standard InChI is InChI=1S/C28H27NO7/c1-32-28-25(29-19-14-12-18-13-15-24(30)35-22(18)16-19)27(34-21-10-6-3-7-11-21)26(31)23(36-28)17-33-20-8-4-2-5-9-20/h2-16,23,25-29,31H,17H2,1H3/t23?,25?,26-,27?,28+/m1/s1. The molecule has 8 nitrogen and oxygen atoms in total. The van der Waals surface area contributed by atoms with Crippen LogP contribution in [0.1, 0.15) is 0 Å². The normalized spacial score (nSPS) is 23.8. The Morgan fingerprint density at radius 3 is 2.33 bits per heavy atom. The molecule has 1 aliphatic rings. The van der Waals surface area contributed by atoms with Crippen molar-refractivity contribution < 1.29 is 28.5 Å². The summed E-state index contributed by atoms with van der Waals surface area (Å²) in [4.78, 5) is 11.7. The maximum absolute atomic E-state index is 11.7. The first-order chi connectivity index (χ1) is 17.6. The highest BCUT2D eigenvalue weighted by atomic mass is 16.7. The summed E-state index contributed by atoms with van der Waals surface area (Å²) in [6.45, 7) is 0.105. The van der Waals surface area contributed by atoms with Crippen molar-refractivity contribution in [1.29, 1.82) is 0 Å². The molecule has 0 aliphatic carbocycles. The van der Waals surface area contributed by atoms with E-state index >= 15 is 0 Å². The molecule has 36 heavy (non-hydrogen) atoms. The smallest absolute Gasteiger partial charge is 0.336 e. The highest BCUT2D eigenvalue weighted by Crippen LogP contribution is 2.30. The minimum Gasteiger partial charge on any atom is -0.491 e. The van der Waals surface area contributed by atoms with E-state index in [4.69, 9.17) is 23.4 Å². The van der Waals surface area contributed by atoms with Crippen LogP contribution in [-0.4, -0.2) is 49.5 Å². The Morgan fingerprint density at radius 2 is 1.61 bits per heavy atom. The molecule has 2 N–H and O–H groups in total. The van der Waals surface area contributed by atoms with Gasteiger partial charge in [-0.05, 0) is 42.5 Å². The van der Waals surface area contributed by atoms with E-state index in [1.807, 2.05) is 72.8 Å². The van der Waals surface area contributed by atoms with Crippen LogP contribution in [0.2, 0.25) is 0 Å². The van der Waals surface area contributed by atoms with Crippen molar-refractivity contribution in [2.75, 3.05) is 19.0 Å². The molecule has 8 heteroatoms. The van der Waals surface area contributed by atoms with Gasteiger partial charge in [-0.25, -0.2) is 4.79 Å². The van der Waals surface area contributed by atoms with Crippen molar-refractivity contribution >= 4 is 16.7 Å². The van der Waals surface area contributed by atoms with Crippen LogP contribution in [-0.2, 0) is 9.47 Å². The van der Waals surface area contributed by atoms with E-state index in [1.165, 1.54) is 13.2 Å². The summed E-state index contributed by atoms with van der Waals surface area (Å²) in [5, 5.41) is 15.5. The first-order valence-electron chi connectivity index (χ1n) is 11.7. The quantitative estimate of drug-likeness (QED) is 0.360. The summed E-state index contributed by atoms with van der Waals surface area (Å²) in [5.41, 5.74) is 0.658. The Hall–Kier alpha value is -3.85. The molecule has 1 aliphatic heterocycles. The number of ether oxygens (including phenoxy) is 4. The number of hydrogen-bond acceptors (Lipinski definition) is 8. The van der Waals surface area contributed by atoms with Gasteiger partial charge in [0.1, 0.15) is 41.9 Å². The molecule has 186 valence electrons. The van der Waals surface area contributed by atoms with Crippen molar-refractivity contribution in [1.82, 2.24) is 0 Å². The van der Waals surface area contributed by atoms with E-state index in [2.05, 4.69) is 5.32 Å². The van der Waals surface area contributed by atoms with Crippen LogP contribution < -0.4 is 20.4 Å². The summed E-state index contributed by atoms with van der Waals surface area (Å²) in [6.07, 6.45) is -3.29. The molecule has 3 unspecified atom stereocenters. The number of nitrogens with one attached hydrogen (secondary N) is 1. The number of benzene rings is 3. The molecular weight excluding hydrogens is 462 g/mol. The van der Waals surface area contributed by atoms with Gasteiger partial charge in [0.25, 0.3) is 0 Å². The highest BCUT2D eigenvalue weighted by Gasteiger charge is 2.47. The number of methoxy groups -OCH3 is 1. The van der Waals surface area contributed by atoms with Gasteiger partial charge >= 0.3 is 5.63 Å². The molecule has 0 spiro atoms. The lowest BCUT2D eigenvalue weighted by Crippen LogP contribution is -2.63. The average Bonchev–Trinajstić information content (AvgIpc) is 2.91. The van der Waals surface area contributed by atoms with Crippen LogP contribution in [0.25, 0.3) is 11.0 Å². The Labute approximate surface area is 208 Å². The van der Waals surface area contributed by atoms with Crippen LogP contribution in [0.5, 0.6) is 11.5 Å². The molecule has 1 aromatic heterocycles. The summed E-state index contributed by atoms with van der Waals surface area (Å²) in [6, 6.07) is 26.5. The molecular formula is C28H27NO7. The molecule has 4 aromatic rings. The fourth-order valence-electron chi connectivity index (χ4n) is 4.24. The summed E-state index contributed by atoms with van der Waals surface area (Å²) in [7, 11) is 1.53. The lowest BCUT2D eigenvalue weighted by Gasteiger charge is -2.44. The Bertz CT molecular complexity index is 1330. The zero-order valence-corrected chi connectivity index (χ0v) is 19.7. The van der Waals surface area contributed by atoms with Gasteiger partial charge in [-0.2, -0.15) is 0 Å². The van der Waals surface area contributed by atoms with Crippen molar-refractivity contribution in [3.63, 3.8) is 0 Å². The van der Waals surface area contributed by atoms with E-state index < -0.39 is 36.3 Å². The monoisotopic (exact) mass is 489 g/mol. The second-order valence-electron chi connectivity index (χ2n) is 8.47. The number of rotatable bonds is 8. The second kappa shape index (κ2) is 10.8. The third kappa shape index (κ3) is 5.36. The predicted octanol–water partition coefficient (Wildman–Crippen LogP) is 3.83. The van der Waals surface area contributed by atoms with Crippen molar-refractivity contribution in [2.24, 2.45) is 0 Å². The van der Waals surface area contributed by atoms with Crippen LogP contribution in [0.15, 0.2) is 100 Å². The maximum atomic E-state index is 11.7. The average molecular weight is 490 g/mol. The third-order valence-electron chi connectivity index (χ3n) is 6.04. The van der Waals surface area contributed by atoms with Crippen molar-refractivity contribution in [3.8, 4) is 11.5 Å². The van der Waals surface area contributed by atoms with E-state index in [1.54, 1.807) is 12.1 Å². The third-order valence-corrected chi connectivity index (χ3v) is 6.04. The maximum Gasteiger partial charge on any atom is 0.336 e. The van der Waals surface area contributed by atoms with Crippen LogP contribution >= 0.6 is 0 Å². The minimum atomic E-state index is -1.05. The fraction of sp³-hybridized carbons (Fsp3) is 0.250. The molecule has 5 rings (SSSR count). The van der Waals surface area contributed by atoms with Crippen LogP contribution in [0.3, 0.4) is 0 Å². The summed E-state index contributed by atoms with van der Waals surface area (Å²) < 4.78 is 29.2. The number of para-hydroxylation sites is 2. The van der Waals surface area contributed by atoms with Gasteiger partial charge in [-0.3, -0.25) is 0 Å². The van der Waals surface area contributed by atoms with E-state index in [9.17, 15) is 9.90 Å². The molecule has 0 amide bonds. The number of fused-ring (bicyclic) bond motifs is 1. The number of hydrogen-bond donors (Lipinski definition) is 2. The van der Waals surface area contributed by atoms with Crippen LogP contribution in [0, 0.1) is 0 Å². The van der Waals surface area contributed by atoms with Crippen LogP contribution in [0.4, 0.5) is 5.69 Å². The first kappa shape index (κ1) is 23.9. The predicted molar refractivity (Wildman–Crippen MR) is 134 cm³/mol. The molecule has 3 aromatic carbocycles. The first-order valence-corrected chi connectivity index (χ1v) is 11.7. The highest BCUT2D eigenvalue weighted by molar-refractivity contribution is 5.80. The number of aliphatic hydroxyl groups excluding tert-OH is 1. The second-order valence-corrected chi connectivity index (χ2v) is 8.47. The molecule has 5 atom stereocenters. The van der Waals surface area contributed by atoms with E-state index in [0.29, 0.717) is 22.8 Å². The summed E-state index contributed by atoms with van der Waals surface area (Å²) >= 11 is 0. The van der Waals surface area contributed by atoms with Crippen molar-refractivity contribution in [3.05, 3.63) is 101 Å². The Balaban J connectivity index is 1.42. The Morgan fingerprint density at radius 1 is 0.917 bits per heavy atom. The van der Waals surface area contributed by atoms with Gasteiger partial charge in [0, 0.05) is 30.3 Å². The number of aliphatic hydroxyl groups is 1. The van der Waals surface area contributed by atoms with Gasteiger partial charge < -0.3 is 33.8 Å². The van der Waals surface area contributed by atoms with E-state index in [0.717, 1.165) is 5.39 Å². The molecule has 0 bridgehead atoms. The topological polar surface area (TPSA) is 99.4 Å². The summed E-state index contributed by atoms with van der Waals surface area (Å²) in [5.74, 6) is 1.26.